The fraction of sp³-hybridized carbons (Fsp3) is 0.632. The number of rotatable bonds is 8. The van der Waals surface area contributed by atoms with Crippen molar-refractivity contribution >= 4 is 29.9 Å². The Kier molecular flexibility index (Phi) is 9.80. The monoisotopic (exact) mass is 525 g/mol. The number of nitrogens with one attached hydrogen (secondary N) is 2. The Morgan fingerprint density at radius 1 is 1.21 bits per heavy atom. The molecule has 2 bridgehead atoms. The topological polar surface area (TPSA) is 72.4 Å². The van der Waals surface area contributed by atoms with E-state index in [0.29, 0.717) is 17.6 Å². The zero-order valence-electron chi connectivity index (χ0n) is 16.6. The van der Waals surface area contributed by atoms with Crippen LogP contribution >= 0.6 is 24.0 Å². The van der Waals surface area contributed by atoms with E-state index in [9.17, 15) is 13.9 Å². The SMILES string of the molecule is CCNC(=NCC(O)c1ccc(OC(F)F)cc1)NCC1CN2CCN1CC2.I. The molecule has 10 heteroatoms. The van der Waals surface area contributed by atoms with Crippen LogP contribution in [-0.4, -0.2) is 85.9 Å². The molecule has 3 aliphatic heterocycles. The predicted molar refractivity (Wildman–Crippen MR) is 119 cm³/mol. The van der Waals surface area contributed by atoms with Crippen LogP contribution in [0.4, 0.5) is 8.78 Å². The third-order valence-corrected chi connectivity index (χ3v) is 5.15. The molecule has 1 aromatic rings. The van der Waals surface area contributed by atoms with Crippen LogP contribution in [0.1, 0.15) is 18.6 Å². The van der Waals surface area contributed by atoms with Gasteiger partial charge in [-0.05, 0) is 24.6 Å². The van der Waals surface area contributed by atoms with Gasteiger partial charge in [0.25, 0.3) is 0 Å². The third-order valence-electron chi connectivity index (χ3n) is 5.15. The number of guanidine groups is 1. The van der Waals surface area contributed by atoms with Crippen molar-refractivity contribution in [1.29, 1.82) is 0 Å². The van der Waals surface area contributed by atoms with Gasteiger partial charge < -0.3 is 20.5 Å². The van der Waals surface area contributed by atoms with Crippen molar-refractivity contribution in [2.75, 3.05) is 52.4 Å². The van der Waals surface area contributed by atoms with E-state index in [1.807, 2.05) is 6.92 Å². The lowest BCUT2D eigenvalue weighted by Gasteiger charge is -2.47. The van der Waals surface area contributed by atoms with Crippen LogP contribution in [0, 0.1) is 0 Å². The predicted octanol–water partition coefficient (Wildman–Crippen LogP) is 1.49. The Balaban J connectivity index is 0.00000300. The molecular weight excluding hydrogens is 495 g/mol. The Morgan fingerprint density at radius 2 is 1.90 bits per heavy atom. The number of hydrogen-bond donors (Lipinski definition) is 3. The van der Waals surface area contributed by atoms with E-state index in [-0.39, 0.29) is 36.3 Å². The summed E-state index contributed by atoms with van der Waals surface area (Å²) in [6, 6.07) is 6.44. The number of benzene rings is 1. The van der Waals surface area contributed by atoms with Gasteiger partial charge in [0.05, 0.1) is 12.6 Å². The molecule has 4 rings (SSSR count). The van der Waals surface area contributed by atoms with Gasteiger partial charge in [-0.1, -0.05) is 12.1 Å². The minimum absolute atomic E-state index is 0. The average molecular weight is 525 g/mol. The number of halogens is 3. The molecule has 3 N–H and O–H groups in total. The van der Waals surface area contributed by atoms with Crippen molar-refractivity contribution in [3.63, 3.8) is 0 Å². The number of fused-ring (bicyclic) bond motifs is 3. The van der Waals surface area contributed by atoms with Gasteiger partial charge in [-0.25, -0.2) is 0 Å². The highest BCUT2D eigenvalue weighted by molar-refractivity contribution is 14.0. The number of aliphatic hydroxyl groups is 1. The number of ether oxygens (including phenoxy) is 1. The zero-order valence-corrected chi connectivity index (χ0v) is 18.9. The molecule has 0 aromatic heterocycles. The van der Waals surface area contributed by atoms with Gasteiger partial charge in [-0.3, -0.25) is 14.8 Å². The highest BCUT2D eigenvalue weighted by Gasteiger charge is 2.31. The molecule has 3 heterocycles. The Labute approximate surface area is 187 Å². The quantitative estimate of drug-likeness (QED) is 0.272. The maximum Gasteiger partial charge on any atom is 0.387 e. The van der Waals surface area contributed by atoms with E-state index >= 15 is 0 Å². The highest BCUT2D eigenvalue weighted by atomic mass is 127. The van der Waals surface area contributed by atoms with Crippen LogP contribution in [-0.2, 0) is 0 Å². The number of piperazine rings is 3. The van der Waals surface area contributed by atoms with Gasteiger partial charge in [-0.15, -0.1) is 24.0 Å². The van der Waals surface area contributed by atoms with Crippen molar-refractivity contribution in [1.82, 2.24) is 20.4 Å². The summed E-state index contributed by atoms with van der Waals surface area (Å²) in [5, 5.41) is 16.9. The minimum Gasteiger partial charge on any atom is -0.435 e. The van der Waals surface area contributed by atoms with Crippen molar-refractivity contribution in [3.8, 4) is 5.75 Å². The molecule has 3 saturated heterocycles. The lowest BCUT2D eigenvalue weighted by Crippen LogP contribution is -2.63. The number of nitrogens with zero attached hydrogens (tertiary/aromatic N) is 3. The summed E-state index contributed by atoms with van der Waals surface area (Å²) >= 11 is 0. The molecule has 1 aromatic carbocycles. The zero-order chi connectivity index (χ0) is 19.9. The van der Waals surface area contributed by atoms with E-state index in [1.54, 1.807) is 12.1 Å². The lowest BCUT2D eigenvalue weighted by molar-refractivity contribution is -0.0498. The summed E-state index contributed by atoms with van der Waals surface area (Å²) in [4.78, 5) is 9.46. The second kappa shape index (κ2) is 11.8. The first kappa shape index (κ1) is 24.0. The van der Waals surface area contributed by atoms with Crippen molar-refractivity contribution < 1.29 is 18.6 Å². The summed E-state index contributed by atoms with van der Waals surface area (Å²) in [5.74, 6) is 0.730. The first-order valence-corrected chi connectivity index (χ1v) is 9.76. The molecule has 0 radical (unpaired) electrons. The largest absolute Gasteiger partial charge is 0.435 e. The van der Waals surface area contributed by atoms with Crippen LogP contribution in [0.3, 0.4) is 0 Å². The summed E-state index contributed by atoms with van der Waals surface area (Å²) < 4.78 is 28.7. The molecule has 0 amide bonds. The fourth-order valence-corrected chi connectivity index (χ4v) is 3.63. The van der Waals surface area contributed by atoms with Crippen LogP contribution in [0.2, 0.25) is 0 Å². The molecule has 3 aliphatic rings. The Morgan fingerprint density at radius 3 is 2.45 bits per heavy atom. The number of hydrogen-bond acceptors (Lipinski definition) is 5. The molecule has 29 heavy (non-hydrogen) atoms. The molecule has 7 nitrogen and oxygen atoms in total. The first-order chi connectivity index (χ1) is 13.5. The molecule has 0 aliphatic carbocycles. The standard InChI is InChI=1S/C19H29F2N5O2.HI/c1-2-22-19(23-11-15-13-25-7-9-26(15)10-8-25)24-12-17(27)14-3-5-16(6-4-14)28-18(20)21;/h3-6,15,17-18,27H,2,7-13H2,1H3,(H2,22,23,24);1H. The third kappa shape index (κ3) is 7.19. The summed E-state index contributed by atoms with van der Waals surface area (Å²) in [6.45, 7) is 6.44. The van der Waals surface area contributed by atoms with Gasteiger partial charge in [0.1, 0.15) is 5.75 Å². The van der Waals surface area contributed by atoms with E-state index in [4.69, 9.17) is 0 Å². The molecule has 2 atom stereocenters. The molecular formula is C19H30F2IN5O2. The van der Waals surface area contributed by atoms with Crippen molar-refractivity contribution in [3.05, 3.63) is 29.8 Å². The number of alkyl halides is 2. The molecule has 0 saturated carbocycles. The maximum atomic E-state index is 12.2. The molecule has 0 spiro atoms. The van der Waals surface area contributed by atoms with Crippen molar-refractivity contribution in [2.45, 2.75) is 25.7 Å². The van der Waals surface area contributed by atoms with E-state index in [0.717, 1.165) is 45.8 Å². The van der Waals surface area contributed by atoms with Gasteiger partial charge >= 0.3 is 6.61 Å². The lowest BCUT2D eigenvalue weighted by atomic mass is 10.1. The fourth-order valence-electron chi connectivity index (χ4n) is 3.63. The van der Waals surface area contributed by atoms with Crippen LogP contribution in [0.15, 0.2) is 29.3 Å². The number of aliphatic hydroxyl groups excluding tert-OH is 1. The van der Waals surface area contributed by atoms with E-state index in [2.05, 4.69) is 30.2 Å². The molecule has 3 fully saturated rings. The van der Waals surface area contributed by atoms with Gasteiger partial charge in [-0.2, -0.15) is 8.78 Å². The smallest absolute Gasteiger partial charge is 0.387 e. The second-order valence-electron chi connectivity index (χ2n) is 7.05. The van der Waals surface area contributed by atoms with Crippen LogP contribution < -0.4 is 15.4 Å². The van der Waals surface area contributed by atoms with Gasteiger partial charge in [0.2, 0.25) is 0 Å². The Hall–Kier alpha value is -1.24. The second-order valence-corrected chi connectivity index (χ2v) is 7.05. The van der Waals surface area contributed by atoms with Crippen LogP contribution in [0.5, 0.6) is 5.75 Å². The summed E-state index contributed by atoms with van der Waals surface area (Å²) in [7, 11) is 0. The average Bonchev–Trinajstić information content (AvgIpc) is 2.71. The molecule has 2 unspecified atom stereocenters. The van der Waals surface area contributed by atoms with Gasteiger partial charge in [0.15, 0.2) is 5.96 Å². The molecule has 164 valence electrons. The normalized spacial score (nSPS) is 24.7. The first-order valence-electron chi connectivity index (χ1n) is 9.76. The van der Waals surface area contributed by atoms with E-state index < -0.39 is 12.7 Å². The van der Waals surface area contributed by atoms with Crippen molar-refractivity contribution in [2.24, 2.45) is 4.99 Å². The maximum absolute atomic E-state index is 12.2. The summed E-state index contributed by atoms with van der Waals surface area (Å²) in [5.41, 5.74) is 0.602. The minimum atomic E-state index is -2.86. The number of aliphatic imine (C=N–C) groups is 1. The summed E-state index contributed by atoms with van der Waals surface area (Å²) in [6.07, 6.45) is -0.823. The van der Waals surface area contributed by atoms with E-state index in [1.165, 1.54) is 12.1 Å². The van der Waals surface area contributed by atoms with Crippen LogP contribution in [0.25, 0.3) is 0 Å². The highest BCUT2D eigenvalue weighted by Crippen LogP contribution is 2.19. The Bertz CT molecular complexity index is 642. The van der Waals surface area contributed by atoms with Gasteiger partial charge in [0, 0.05) is 51.9 Å².